The van der Waals surface area contributed by atoms with E-state index in [0.29, 0.717) is 24.9 Å². The van der Waals surface area contributed by atoms with Crippen LogP contribution < -0.4 is 10.1 Å². The second-order valence-electron chi connectivity index (χ2n) is 6.94. The monoisotopic (exact) mass is 349 g/mol. The molecular weight excluding hydrogens is 321 g/mol. The Labute approximate surface area is 149 Å². The van der Waals surface area contributed by atoms with Crippen LogP contribution in [0.2, 0.25) is 0 Å². The van der Waals surface area contributed by atoms with E-state index in [4.69, 9.17) is 4.74 Å². The lowest BCUT2D eigenvalue weighted by Gasteiger charge is -2.33. The highest BCUT2D eigenvalue weighted by molar-refractivity contribution is 5.89. The zero-order valence-electron chi connectivity index (χ0n) is 15.0. The molecule has 1 aliphatic carbocycles. The van der Waals surface area contributed by atoms with E-state index in [9.17, 15) is 9.18 Å². The van der Waals surface area contributed by atoms with Gasteiger partial charge in [0.2, 0.25) is 0 Å². The zero-order chi connectivity index (χ0) is 17.6. The number of nitrogens with one attached hydrogen (secondary N) is 1. The molecule has 1 N–H and O–H groups in total. The van der Waals surface area contributed by atoms with Crippen LogP contribution in [0.15, 0.2) is 18.2 Å². The summed E-state index contributed by atoms with van der Waals surface area (Å²) in [6.45, 7) is 3.36. The Kier molecular flexibility index (Phi) is 6.13. The van der Waals surface area contributed by atoms with Crippen molar-refractivity contribution >= 4 is 11.7 Å². The number of benzene rings is 1. The van der Waals surface area contributed by atoms with Gasteiger partial charge in [0.15, 0.2) is 0 Å². The van der Waals surface area contributed by atoms with E-state index in [1.54, 1.807) is 11.0 Å². The van der Waals surface area contributed by atoms with Crippen molar-refractivity contribution in [2.45, 2.75) is 44.6 Å². The Bertz CT molecular complexity index is 590. The van der Waals surface area contributed by atoms with Gasteiger partial charge in [-0.3, -0.25) is 4.90 Å². The Hall–Kier alpha value is -1.82. The van der Waals surface area contributed by atoms with Crippen LogP contribution in [0.25, 0.3) is 0 Å². The molecule has 1 aromatic rings. The van der Waals surface area contributed by atoms with Crippen molar-refractivity contribution in [3.63, 3.8) is 0 Å². The summed E-state index contributed by atoms with van der Waals surface area (Å²) in [5.41, 5.74) is 0.194. The summed E-state index contributed by atoms with van der Waals surface area (Å²) in [4.78, 5) is 16.8. The highest BCUT2D eigenvalue weighted by Crippen LogP contribution is 2.24. The summed E-state index contributed by atoms with van der Waals surface area (Å²) in [6, 6.07) is 4.91. The van der Waals surface area contributed by atoms with Crippen molar-refractivity contribution in [1.29, 1.82) is 0 Å². The fraction of sp³-hybridized carbons (Fsp3) is 0.632. The number of rotatable bonds is 3. The first-order valence-corrected chi connectivity index (χ1v) is 9.31. The minimum Gasteiger partial charge on any atom is -0.497 e. The van der Waals surface area contributed by atoms with E-state index in [-0.39, 0.29) is 11.7 Å². The van der Waals surface area contributed by atoms with Crippen molar-refractivity contribution in [3.05, 3.63) is 24.0 Å². The van der Waals surface area contributed by atoms with Gasteiger partial charge in [0.05, 0.1) is 12.8 Å². The Morgan fingerprint density at radius 3 is 2.64 bits per heavy atom. The smallest absolute Gasteiger partial charge is 0.321 e. The number of hydrogen-bond donors (Lipinski definition) is 1. The van der Waals surface area contributed by atoms with Gasteiger partial charge in [-0.25, -0.2) is 9.18 Å². The molecular formula is C19H28FN3O2. The normalized spacial score (nSPS) is 20.2. The summed E-state index contributed by atoms with van der Waals surface area (Å²) >= 11 is 0. The van der Waals surface area contributed by atoms with Crippen molar-refractivity contribution in [1.82, 2.24) is 9.80 Å². The number of amides is 2. The predicted octanol–water partition coefficient (Wildman–Crippen LogP) is 3.71. The molecule has 1 saturated carbocycles. The molecule has 1 aliphatic heterocycles. The van der Waals surface area contributed by atoms with Crippen molar-refractivity contribution in [2.75, 3.05) is 38.6 Å². The van der Waals surface area contributed by atoms with Gasteiger partial charge in [0.1, 0.15) is 11.6 Å². The average Bonchev–Trinajstić information content (AvgIpc) is 2.90. The van der Waals surface area contributed by atoms with Crippen LogP contribution in [0.1, 0.15) is 38.5 Å². The molecule has 0 atom stereocenters. The lowest BCUT2D eigenvalue weighted by molar-refractivity contribution is 0.160. The number of nitrogens with zero attached hydrogens (tertiary/aromatic N) is 2. The summed E-state index contributed by atoms with van der Waals surface area (Å²) in [5.74, 6) is -0.0419. The first kappa shape index (κ1) is 18.0. The third-order valence-corrected chi connectivity index (χ3v) is 5.33. The lowest BCUT2D eigenvalue weighted by Crippen LogP contribution is -2.41. The second kappa shape index (κ2) is 8.52. The van der Waals surface area contributed by atoms with Crippen molar-refractivity contribution in [3.8, 4) is 5.75 Å². The summed E-state index contributed by atoms with van der Waals surface area (Å²) in [7, 11) is 1.49. The van der Waals surface area contributed by atoms with E-state index < -0.39 is 5.82 Å². The van der Waals surface area contributed by atoms with Crippen molar-refractivity contribution in [2.24, 2.45) is 0 Å². The molecule has 2 aliphatic rings. The summed E-state index contributed by atoms with van der Waals surface area (Å²) in [6.07, 6.45) is 7.53. The molecule has 0 bridgehead atoms. The number of carbonyl (C=O) groups is 1. The van der Waals surface area contributed by atoms with Gasteiger partial charge in [-0.15, -0.1) is 0 Å². The topological polar surface area (TPSA) is 44.8 Å². The molecule has 1 heterocycles. The standard InChI is InChI=1S/C19H28FN3O2/c1-25-16-8-9-18(17(20)14-16)21-19(24)23-11-5-10-22(12-13-23)15-6-3-2-4-7-15/h8-9,14-15H,2-7,10-13H2,1H3,(H,21,24). The van der Waals surface area contributed by atoms with Gasteiger partial charge in [-0.1, -0.05) is 19.3 Å². The molecule has 1 saturated heterocycles. The minimum atomic E-state index is -0.480. The average molecular weight is 349 g/mol. The first-order chi connectivity index (χ1) is 12.2. The SMILES string of the molecule is COc1ccc(NC(=O)N2CCCN(C3CCCCC3)CC2)c(F)c1. The maximum atomic E-state index is 14.0. The van der Waals surface area contributed by atoms with Crippen LogP contribution >= 0.6 is 0 Å². The Balaban J connectivity index is 1.55. The van der Waals surface area contributed by atoms with Crippen LogP contribution in [-0.2, 0) is 0 Å². The van der Waals surface area contributed by atoms with E-state index >= 15 is 0 Å². The van der Waals surface area contributed by atoms with Crippen LogP contribution in [0.3, 0.4) is 0 Å². The van der Waals surface area contributed by atoms with Crippen LogP contribution in [0.4, 0.5) is 14.9 Å². The zero-order valence-corrected chi connectivity index (χ0v) is 15.0. The van der Waals surface area contributed by atoms with Gasteiger partial charge >= 0.3 is 6.03 Å². The second-order valence-corrected chi connectivity index (χ2v) is 6.94. The minimum absolute atomic E-state index is 0.194. The third kappa shape index (κ3) is 4.63. The van der Waals surface area contributed by atoms with Crippen LogP contribution in [-0.4, -0.2) is 55.2 Å². The number of anilines is 1. The van der Waals surface area contributed by atoms with E-state index in [1.807, 2.05) is 0 Å². The Morgan fingerprint density at radius 2 is 1.92 bits per heavy atom. The highest BCUT2D eigenvalue weighted by Gasteiger charge is 2.25. The molecule has 6 heteroatoms. The quantitative estimate of drug-likeness (QED) is 0.905. The fourth-order valence-electron chi connectivity index (χ4n) is 3.87. The first-order valence-electron chi connectivity index (χ1n) is 9.31. The molecule has 5 nitrogen and oxygen atoms in total. The van der Waals surface area contributed by atoms with Crippen LogP contribution in [0.5, 0.6) is 5.75 Å². The summed E-state index contributed by atoms with van der Waals surface area (Å²) < 4.78 is 19.0. The highest BCUT2D eigenvalue weighted by atomic mass is 19.1. The lowest BCUT2D eigenvalue weighted by atomic mass is 9.94. The third-order valence-electron chi connectivity index (χ3n) is 5.33. The molecule has 3 rings (SSSR count). The van der Waals surface area contributed by atoms with Gasteiger partial charge in [0, 0.05) is 38.3 Å². The summed E-state index contributed by atoms with van der Waals surface area (Å²) in [5, 5.41) is 2.69. The molecule has 0 unspecified atom stereocenters. The predicted molar refractivity (Wildman–Crippen MR) is 96.6 cm³/mol. The maximum absolute atomic E-state index is 14.0. The number of hydrogen-bond acceptors (Lipinski definition) is 3. The Morgan fingerprint density at radius 1 is 1.12 bits per heavy atom. The number of halogens is 1. The number of ether oxygens (including phenoxy) is 1. The number of methoxy groups -OCH3 is 1. The molecule has 0 spiro atoms. The number of carbonyl (C=O) groups excluding carboxylic acids is 1. The van der Waals surface area contributed by atoms with E-state index in [1.165, 1.54) is 51.3 Å². The van der Waals surface area contributed by atoms with Gasteiger partial charge in [-0.05, 0) is 31.4 Å². The van der Waals surface area contributed by atoms with Crippen LogP contribution in [0, 0.1) is 5.82 Å². The van der Waals surface area contributed by atoms with Crippen molar-refractivity contribution < 1.29 is 13.9 Å². The molecule has 2 amide bonds. The fourth-order valence-corrected chi connectivity index (χ4v) is 3.87. The maximum Gasteiger partial charge on any atom is 0.321 e. The largest absolute Gasteiger partial charge is 0.497 e. The van der Waals surface area contributed by atoms with Gasteiger partial charge < -0.3 is 15.0 Å². The molecule has 138 valence electrons. The molecule has 25 heavy (non-hydrogen) atoms. The van der Waals surface area contributed by atoms with E-state index in [0.717, 1.165) is 19.5 Å². The molecule has 0 radical (unpaired) electrons. The molecule has 2 fully saturated rings. The molecule has 1 aromatic carbocycles. The number of urea groups is 1. The van der Waals surface area contributed by atoms with Gasteiger partial charge in [0.25, 0.3) is 0 Å². The van der Waals surface area contributed by atoms with E-state index in [2.05, 4.69) is 10.2 Å². The molecule has 0 aromatic heterocycles. The van der Waals surface area contributed by atoms with Gasteiger partial charge in [-0.2, -0.15) is 0 Å².